The molecule has 2 heteroatoms. The van der Waals surface area contributed by atoms with Crippen LogP contribution in [-0.4, -0.2) is 4.57 Å². The zero-order valence-electron chi connectivity index (χ0n) is 34.0. The largest absolute Gasteiger partial charge is 0.310 e. The first-order chi connectivity index (χ1) is 29.2. The van der Waals surface area contributed by atoms with Gasteiger partial charge in [-0.1, -0.05) is 148 Å². The predicted octanol–water partition coefficient (Wildman–Crippen LogP) is 15.3. The summed E-state index contributed by atoms with van der Waals surface area (Å²) < 4.78 is 2.40. The van der Waals surface area contributed by atoms with Crippen molar-refractivity contribution in [1.82, 2.24) is 4.57 Å². The zero-order chi connectivity index (χ0) is 39.5. The van der Waals surface area contributed by atoms with Gasteiger partial charge in [-0.25, -0.2) is 0 Å². The number of nitrogens with zero attached hydrogens (tertiary/aromatic N) is 2. The third-order valence-corrected chi connectivity index (χ3v) is 13.2. The molecule has 0 N–H and O–H groups in total. The highest BCUT2D eigenvalue weighted by Gasteiger charge is 2.52. The molecule has 0 saturated carbocycles. The van der Waals surface area contributed by atoms with Gasteiger partial charge >= 0.3 is 0 Å². The lowest BCUT2D eigenvalue weighted by atomic mass is 9.70. The quantitative estimate of drug-likeness (QED) is 0.135. The van der Waals surface area contributed by atoms with Gasteiger partial charge in [0, 0.05) is 33.5 Å². The fourth-order valence-corrected chi connectivity index (χ4v) is 10.5. The summed E-state index contributed by atoms with van der Waals surface area (Å²) >= 11 is 0. The van der Waals surface area contributed by atoms with Gasteiger partial charge in [0.2, 0.25) is 0 Å². The minimum absolute atomic E-state index is 0.417. The van der Waals surface area contributed by atoms with Crippen molar-refractivity contribution >= 4 is 38.9 Å². The van der Waals surface area contributed by atoms with Crippen molar-refractivity contribution in [3.63, 3.8) is 0 Å². The van der Waals surface area contributed by atoms with Crippen molar-refractivity contribution < 1.29 is 0 Å². The van der Waals surface area contributed by atoms with Crippen LogP contribution in [0.15, 0.2) is 182 Å². The Balaban J connectivity index is 1.12. The number of aryl methyl sites for hydroxylation is 2. The first kappa shape index (κ1) is 35.5. The van der Waals surface area contributed by atoms with E-state index in [-0.39, 0.29) is 0 Å². The van der Waals surface area contributed by atoms with Gasteiger partial charge in [-0.15, -0.1) is 0 Å². The summed E-state index contributed by atoms with van der Waals surface area (Å²) in [7, 11) is 0. The summed E-state index contributed by atoms with van der Waals surface area (Å²) in [5, 5.41) is 2.55. The van der Waals surface area contributed by atoms with Crippen LogP contribution in [0.25, 0.3) is 49.7 Å². The molecule has 2 nitrogen and oxygen atoms in total. The maximum atomic E-state index is 2.57. The maximum Gasteiger partial charge on any atom is 0.0726 e. The molecule has 0 atom stereocenters. The van der Waals surface area contributed by atoms with E-state index >= 15 is 0 Å². The van der Waals surface area contributed by atoms with Crippen LogP contribution in [-0.2, 0) is 18.3 Å². The fourth-order valence-electron chi connectivity index (χ4n) is 10.5. The second-order valence-electron chi connectivity index (χ2n) is 16.5. The van der Waals surface area contributed by atoms with Crippen molar-refractivity contribution in [2.24, 2.45) is 0 Å². The lowest BCUT2D eigenvalue weighted by molar-refractivity contribution is 0.767. The molecule has 1 aromatic heterocycles. The van der Waals surface area contributed by atoms with E-state index in [9.17, 15) is 0 Å². The lowest BCUT2D eigenvalue weighted by Gasteiger charge is -2.32. The van der Waals surface area contributed by atoms with E-state index in [1.807, 2.05) is 0 Å². The summed E-state index contributed by atoms with van der Waals surface area (Å²) in [4.78, 5) is 2.44. The summed E-state index contributed by atoms with van der Waals surface area (Å²) in [6.07, 6.45) is 6.95. The number of hydrogen-bond acceptors (Lipinski definition) is 1. The Bertz CT molecular complexity index is 2910. The van der Waals surface area contributed by atoms with Crippen LogP contribution in [0, 0.1) is 0 Å². The van der Waals surface area contributed by atoms with Crippen molar-refractivity contribution in [2.45, 2.75) is 57.8 Å². The van der Waals surface area contributed by atoms with Crippen LogP contribution in [0.1, 0.15) is 72.9 Å². The predicted molar refractivity (Wildman–Crippen MR) is 249 cm³/mol. The first-order valence-corrected chi connectivity index (χ1v) is 21.6. The maximum absolute atomic E-state index is 2.57. The fraction of sp³-hybridized carbons (Fsp3) is 0.158. The minimum Gasteiger partial charge on any atom is -0.310 e. The molecule has 0 bridgehead atoms. The molecule has 0 amide bonds. The third kappa shape index (κ3) is 5.46. The molecule has 0 fully saturated rings. The second kappa shape index (κ2) is 14.3. The Labute approximate surface area is 348 Å². The van der Waals surface area contributed by atoms with Gasteiger partial charge in [0.05, 0.1) is 16.4 Å². The van der Waals surface area contributed by atoms with Gasteiger partial charge in [0.15, 0.2) is 0 Å². The molecule has 1 heterocycles. The monoisotopic (exact) mass is 760 g/mol. The van der Waals surface area contributed by atoms with Crippen LogP contribution >= 0.6 is 0 Å². The smallest absolute Gasteiger partial charge is 0.0726 e. The molecule has 8 aromatic carbocycles. The summed E-state index contributed by atoms with van der Waals surface area (Å²) in [6.45, 7) is 4.59. The van der Waals surface area contributed by atoms with Crippen molar-refractivity contribution in [2.75, 3.05) is 4.90 Å². The average molecular weight is 761 g/mol. The molecule has 2 aliphatic carbocycles. The molecule has 11 rings (SSSR count). The Morgan fingerprint density at radius 3 is 1.49 bits per heavy atom. The number of hydrogen-bond donors (Lipinski definition) is 0. The van der Waals surface area contributed by atoms with E-state index in [0.717, 1.165) is 35.6 Å². The number of fused-ring (bicyclic) bond motifs is 13. The molecule has 0 aliphatic heterocycles. The van der Waals surface area contributed by atoms with Gasteiger partial charge in [-0.05, 0) is 142 Å². The SMILES string of the molecule is CCCCc1ccc2c(c1)C1(c3ccccc3-c3ccc(N(c4ccccc4)c4ccc(-n5c6ccccc6c6ccccc65)cc4)cc31)c1cc(CCCC)ccc1-2. The van der Waals surface area contributed by atoms with E-state index in [1.54, 1.807) is 0 Å². The molecule has 0 unspecified atom stereocenters. The van der Waals surface area contributed by atoms with E-state index < -0.39 is 5.41 Å². The van der Waals surface area contributed by atoms with E-state index in [0.29, 0.717) is 0 Å². The molecule has 286 valence electrons. The Morgan fingerprint density at radius 2 is 0.881 bits per heavy atom. The van der Waals surface area contributed by atoms with E-state index in [2.05, 4.69) is 205 Å². The zero-order valence-corrected chi connectivity index (χ0v) is 34.0. The number of rotatable bonds is 10. The van der Waals surface area contributed by atoms with Crippen LogP contribution in [0.5, 0.6) is 0 Å². The Kier molecular flexibility index (Phi) is 8.62. The Morgan fingerprint density at radius 1 is 0.407 bits per heavy atom. The van der Waals surface area contributed by atoms with Gasteiger partial charge in [0.25, 0.3) is 0 Å². The highest BCUT2D eigenvalue weighted by molar-refractivity contribution is 6.09. The molecule has 9 aromatic rings. The van der Waals surface area contributed by atoms with Crippen molar-refractivity contribution in [1.29, 1.82) is 0 Å². The van der Waals surface area contributed by atoms with Gasteiger partial charge in [-0.2, -0.15) is 0 Å². The normalized spacial score (nSPS) is 13.1. The number of unbranched alkanes of at least 4 members (excludes halogenated alkanes) is 2. The molecular formula is C57H48N2. The third-order valence-electron chi connectivity index (χ3n) is 13.2. The van der Waals surface area contributed by atoms with Crippen molar-refractivity contribution in [3.8, 4) is 27.9 Å². The van der Waals surface area contributed by atoms with E-state index in [1.165, 1.54) is 103 Å². The average Bonchev–Trinajstić information content (AvgIpc) is 3.89. The summed E-state index contributed by atoms with van der Waals surface area (Å²) in [5.41, 5.74) is 20.5. The lowest BCUT2D eigenvalue weighted by Crippen LogP contribution is -2.26. The molecular weight excluding hydrogens is 713 g/mol. The summed E-state index contributed by atoms with van der Waals surface area (Å²) in [5.74, 6) is 0. The number of aromatic nitrogens is 1. The molecule has 2 aliphatic rings. The van der Waals surface area contributed by atoms with Gasteiger partial charge in [-0.3, -0.25) is 0 Å². The van der Waals surface area contributed by atoms with Gasteiger partial charge in [0.1, 0.15) is 0 Å². The van der Waals surface area contributed by atoms with Crippen LogP contribution in [0.2, 0.25) is 0 Å². The highest BCUT2D eigenvalue weighted by Crippen LogP contribution is 2.63. The van der Waals surface area contributed by atoms with Crippen LogP contribution in [0.4, 0.5) is 17.1 Å². The Hall–Kier alpha value is -6.64. The topological polar surface area (TPSA) is 8.17 Å². The van der Waals surface area contributed by atoms with Gasteiger partial charge < -0.3 is 9.47 Å². The highest BCUT2D eigenvalue weighted by atomic mass is 15.1. The number of benzene rings is 8. The second-order valence-corrected chi connectivity index (χ2v) is 16.5. The standard InChI is InChI=1S/C57H48N2/c1-3-5-16-39-26-33-46-47-34-27-40(17-6-4-2)37-53(47)57(52(46)36-39)51-23-13-10-20-45(51)48-35-32-44(38-54(48)57)58(41-18-8-7-9-19-41)42-28-30-43(31-29-42)59-55-24-14-11-21-49(55)50-22-12-15-25-56(50)59/h7-15,18-38H,3-6,16-17H2,1-2H3. The number of anilines is 3. The first-order valence-electron chi connectivity index (χ1n) is 21.6. The minimum atomic E-state index is -0.417. The summed E-state index contributed by atoms with van der Waals surface area (Å²) in [6, 6.07) is 68.8. The van der Waals surface area contributed by atoms with Crippen molar-refractivity contribution in [3.05, 3.63) is 215 Å². The molecule has 0 radical (unpaired) electrons. The van der Waals surface area contributed by atoms with Crippen LogP contribution < -0.4 is 4.90 Å². The number of para-hydroxylation sites is 3. The van der Waals surface area contributed by atoms with E-state index in [4.69, 9.17) is 0 Å². The molecule has 0 saturated heterocycles. The van der Waals surface area contributed by atoms with Crippen LogP contribution in [0.3, 0.4) is 0 Å². The molecule has 1 spiro atoms. The molecule has 59 heavy (non-hydrogen) atoms.